The second kappa shape index (κ2) is 3.86. The van der Waals surface area contributed by atoms with Crippen LogP contribution in [-0.2, 0) is 11.2 Å². The molecule has 1 aromatic rings. The largest absolute Gasteiger partial charge is 0.368 e. The first-order valence-electron chi connectivity index (χ1n) is 3.82. The normalized spacial score (nSPS) is 12.4. The fourth-order valence-corrected chi connectivity index (χ4v) is 0.955. The molecule has 1 unspecified atom stereocenters. The average Bonchev–Trinajstić information content (AvgIpc) is 2.08. The van der Waals surface area contributed by atoms with Crippen molar-refractivity contribution in [2.45, 2.75) is 12.5 Å². The quantitative estimate of drug-likeness (QED) is 0.541. The predicted octanol–water partition coefficient (Wildman–Crippen LogP) is -1.27. The molecule has 0 saturated heterocycles. The molecule has 5 N–H and O–H groups in total. The number of nitrogens with two attached hydrogens (primary N) is 2. The van der Waals surface area contributed by atoms with Gasteiger partial charge in [-0.1, -0.05) is 6.07 Å². The Morgan fingerprint density at radius 1 is 1.62 bits per heavy atom. The van der Waals surface area contributed by atoms with Crippen LogP contribution in [0.5, 0.6) is 0 Å². The summed E-state index contributed by atoms with van der Waals surface area (Å²) in [5, 5.41) is 0. The minimum Gasteiger partial charge on any atom is -0.368 e. The summed E-state index contributed by atoms with van der Waals surface area (Å²) < 4.78 is 0. The second-order valence-corrected chi connectivity index (χ2v) is 2.74. The van der Waals surface area contributed by atoms with Gasteiger partial charge in [0.25, 0.3) is 5.56 Å². The number of nitrogens with one attached hydrogen (secondary N) is 1. The third-order valence-corrected chi connectivity index (χ3v) is 1.70. The van der Waals surface area contributed by atoms with Crippen molar-refractivity contribution in [2.24, 2.45) is 11.5 Å². The van der Waals surface area contributed by atoms with Crippen LogP contribution >= 0.6 is 0 Å². The summed E-state index contributed by atoms with van der Waals surface area (Å²) in [6.07, 6.45) is 1.69. The van der Waals surface area contributed by atoms with Gasteiger partial charge in [-0.2, -0.15) is 0 Å². The lowest BCUT2D eigenvalue weighted by Crippen LogP contribution is -2.39. The van der Waals surface area contributed by atoms with E-state index in [1.54, 1.807) is 12.1 Å². The zero-order valence-electron chi connectivity index (χ0n) is 6.99. The maximum atomic E-state index is 11.1. The van der Waals surface area contributed by atoms with Crippen molar-refractivity contribution in [3.05, 3.63) is 34.2 Å². The van der Waals surface area contributed by atoms with Gasteiger partial charge in [-0.05, 0) is 6.07 Å². The summed E-state index contributed by atoms with van der Waals surface area (Å²) >= 11 is 0. The molecule has 0 saturated carbocycles. The standard InChI is InChI=1S/C8H11N3O2/c9-6(7(10)12)4-5-2-1-3-11-8(5)13/h1-3,6H,4,9H2,(H2,10,12)(H,11,13). The van der Waals surface area contributed by atoms with Crippen molar-refractivity contribution >= 4 is 5.91 Å². The van der Waals surface area contributed by atoms with E-state index in [1.165, 1.54) is 6.20 Å². The highest BCUT2D eigenvalue weighted by atomic mass is 16.1. The molecule has 0 aliphatic carbocycles. The molecule has 13 heavy (non-hydrogen) atoms. The van der Waals surface area contributed by atoms with Gasteiger partial charge in [0.2, 0.25) is 5.91 Å². The molecule has 0 spiro atoms. The van der Waals surface area contributed by atoms with E-state index in [9.17, 15) is 9.59 Å². The van der Waals surface area contributed by atoms with E-state index in [1.807, 2.05) is 0 Å². The number of primary amides is 1. The fraction of sp³-hybridized carbons (Fsp3) is 0.250. The molecule has 70 valence electrons. The van der Waals surface area contributed by atoms with Gasteiger partial charge < -0.3 is 16.5 Å². The number of rotatable bonds is 3. The molecule has 5 nitrogen and oxygen atoms in total. The van der Waals surface area contributed by atoms with E-state index < -0.39 is 11.9 Å². The highest BCUT2D eigenvalue weighted by Crippen LogP contribution is 1.93. The maximum absolute atomic E-state index is 11.1. The average molecular weight is 181 g/mol. The highest BCUT2D eigenvalue weighted by molar-refractivity contribution is 5.79. The number of pyridine rings is 1. The molecule has 1 heterocycles. The van der Waals surface area contributed by atoms with Crippen LogP contribution in [0.25, 0.3) is 0 Å². The minimum atomic E-state index is -0.802. The highest BCUT2D eigenvalue weighted by Gasteiger charge is 2.11. The van der Waals surface area contributed by atoms with Crippen LogP contribution in [0.1, 0.15) is 5.56 Å². The van der Waals surface area contributed by atoms with E-state index in [-0.39, 0.29) is 12.0 Å². The van der Waals surface area contributed by atoms with Crippen LogP contribution in [0.2, 0.25) is 0 Å². The van der Waals surface area contributed by atoms with Crippen LogP contribution in [-0.4, -0.2) is 16.9 Å². The number of carbonyl (C=O) groups is 1. The first-order valence-corrected chi connectivity index (χ1v) is 3.82. The summed E-state index contributed by atoms with van der Waals surface area (Å²) in [6, 6.07) is 2.48. The summed E-state index contributed by atoms with van der Waals surface area (Å²) in [4.78, 5) is 24.2. The van der Waals surface area contributed by atoms with E-state index in [0.29, 0.717) is 5.56 Å². The SMILES string of the molecule is NC(=O)C(N)Cc1ccc[nH]c1=O. The van der Waals surface area contributed by atoms with Gasteiger partial charge >= 0.3 is 0 Å². The Morgan fingerprint density at radius 2 is 2.31 bits per heavy atom. The Morgan fingerprint density at radius 3 is 2.85 bits per heavy atom. The third-order valence-electron chi connectivity index (χ3n) is 1.70. The second-order valence-electron chi connectivity index (χ2n) is 2.74. The van der Waals surface area contributed by atoms with Gasteiger partial charge in [-0.25, -0.2) is 0 Å². The number of aromatic nitrogens is 1. The molecule has 1 atom stereocenters. The molecular weight excluding hydrogens is 170 g/mol. The van der Waals surface area contributed by atoms with Crippen LogP contribution in [0.15, 0.2) is 23.1 Å². The van der Waals surface area contributed by atoms with Gasteiger partial charge in [0.05, 0.1) is 6.04 Å². The van der Waals surface area contributed by atoms with Gasteiger partial charge in [-0.15, -0.1) is 0 Å². The molecule has 0 fully saturated rings. The summed E-state index contributed by atoms with van der Waals surface area (Å²) in [7, 11) is 0. The number of hydrogen-bond acceptors (Lipinski definition) is 3. The van der Waals surface area contributed by atoms with Gasteiger partial charge in [0.1, 0.15) is 0 Å². The Labute approximate surface area is 74.7 Å². The number of aromatic amines is 1. The zero-order chi connectivity index (χ0) is 9.84. The van der Waals surface area contributed by atoms with Gasteiger partial charge in [0.15, 0.2) is 0 Å². The molecule has 1 amide bonds. The molecular formula is C8H11N3O2. The molecule has 1 aromatic heterocycles. The monoisotopic (exact) mass is 181 g/mol. The van der Waals surface area contributed by atoms with Gasteiger partial charge in [0, 0.05) is 18.2 Å². The van der Waals surface area contributed by atoms with Crippen LogP contribution < -0.4 is 17.0 Å². The van der Waals surface area contributed by atoms with E-state index >= 15 is 0 Å². The first kappa shape index (κ1) is 9.47. The number of amides is 1. The zero-order valence-corrected chi connectivity index (χ0v) is 6.99. The Kier molecular flexibility index (Phi) is 2.81. The Bertz CT molecular complexity index is 358. The van der Waals surface area contributed by atoms with Gasteiger partial charge in [-0.3, -0.25) is 9.59 Å². The van der Waals surface area contributed by atoms with Crippen LogP contribution in [0.4, 0.5) is 0 Å². The fourth-order valence-electron chi connectivity index (χ4n) is 0.955. The van der Waals surface area contributed by atoms with E-state index in [4.69, 9.17) is 11.5 Å². The Hall–Kier alpha value is -1.62. The molecule has 0 aliphatic heterocycles. The van der Waals surface area contributed by atoms with Crippen molar-refractivity contribution in [3.63, 3.8) is 0 Å². The maximum Gasteiger partial charge on any atom is 0.251 e. The molecule has 1 rings (SSSR count). The molecule has 0 aliphatic rings. The summed E-state index contributed by atoms with van der Waals surface area (Å²) in [6.45, 7) is 0. The molecule has 5 heteroatoms. The van der Waals surface area contributed by atoms with Crippen LogP contribution in [0, 0.1) is 0 Å². The van der Waals surface area contributed by atoms with E-state index in [2.05, 4.69) is 4.98 Å². The van der Waals surface area contributed by atoms with Crippen LogP contribution in [0.3, 0.4) is 0 Å². The first-order chi connectivity index (χ1) is 6.11. The predicted molar refractivity (Wildman–Crippen MR) is 47.9 cm³/mol. The van der Waals surface area contributed by atoms with Crippen molar-refractivity contribution in [1.82, 2.24) is 4.98 Å². The van der Waals surface area contributed by atoms with E-state index in [0.717, 1.165) is 0 Å². The number of H-pyrrole nitrogens is 1. The lowest BCUT2D eigenvalue weighted by molar-refractivity contribution is -0.119. The molecule has 0 radical (unpaired) electrons. The third kappa shape index (κ3) is 2.41. The smallest absolute Gasteiger partial charge is 0.251 e. The molecule has 0 aromatic carbocycles. The lowest BCUT2D eigenvalue weighted by atomic mass is 10.1. The summed E-state index contributed by atoms with van der Waals surface area (Å²) in [5.41, 5.74) is 10.6. The van der Waals surface area contributed by atoms with Crippen molar-refractivity contribution < 1.29 is 4.79 Å². The van der Waals surface area contributed by atoms with Crippen molar-refractivity contribution in [3.8, 4) is 0 Å². The minimum absolute atomic E-state index is 0.172. The summed E-state index contributed by atoms with van der Waals surface area (Å²) in [5.74, 6) is -0.608. The van der Waals surface area contributed by atoms with Crippen molar-refractivity contribution in [1.29, 1.82) is 0 Å². The lowest BCUT2D eigenvalue weighted by Gasteiger charge is -2.05. The molecule has 0 bridgehead atoms. The topological polar surface area (TPSA) is 102 Å². The Balaban J connectivity index is 2.81. The van der Waals surface area contributed by atoms with Crippen molar-refractivity contribution in [2.75, 3.05) is 0 Å². The number of carbonyl (C=O) groups excluding carboxylic acids is 1. The number of hydrogen-bond donors (Lipinski definition) is 3.